The van der Waals surface area contributed by atoms with Crippen molar-refractivity contribution in [1.82, 2.24) is 15.1 Å². The molecule has 0 saturated carbocycles. The molecule has 0 radical (unpaired) electrons. The van der Waals surface area contributed by atoms with Gasteiger partial charge in [-0.1, -0.05) is 31.5 Å². The zero-order chi connectivity index (χ0) is 14.7. The monoisotopic (exact) mass is 291 g/mol. The van der Waals surface area contributed by atoms with E-state index < -0.39 is 0 Å². The van der Waals surface area contributed by atoms with Crippen molar-refractivity contribution >= 4 is 11.6 Å². The second-order valence-electron chi connectivity index (χ2n) is 5.30. The summed E-state index contributed by atoms with van der Waals surface area (Å²) in [6, 6.07) is 6.53. The van der Waals surface area contributed by atoms with Crippen molar-refractivity contribution in [1.29, 1.82) is 0 Å². The first kappa shape index (κ1) is 15.1. The zero-order valence-electron chi connectivity index (χ0n) is 12.6. The fourth-order valence-electron chi connectivity index (χ4n) is 2.30. The summed E-state index contributed by atoms with van der Waals surface area (Å²) in [5.41, 5.74) is 4.76. The maximum absolute atomic E-state index is 6.17. The van der Waals surface area contributed by atoms with Crippen LogP contribution in [0.4, 0.5) is 0 Å². The van der Waals surface area contributed by atoms with Gasteiger partial charge in [0.25, 0.3) is 0 Å². The molecule has 1 heterocycles. The third-order valence-electron chi connectivity index (χ3n) is 3.47. The molecule has 0 unspecified atom stereocenters. The molecule has 0 aliphatic carbocycles. The van der Waals surface area contributed by atoms with Gasteiger partial charge in [0, 0.05) is 35.4 Å². The molecule has 2 aromatic rings. The van der Waals surface area contributed by atoms with Gasteiger partial charge in [0.2, 0.25) is 0 Å². The summed E-state index contributed by atoms with van der Waals surface area (Å²) in [6.45, 7) is 10.2. The van der Waals surface area contributed by atoms with Gasteiger partial charge >= 0.3 is 0 Å². The fourth-order valence-corrected chi connectivity index (χ4v) is 2.47. The molecule has 1 aromatic carbocycles. The number of halogens is 1. The minimum absolute atomic E-state index is 0.456. The minimum atomic E-state index is 0.456. The summed E-state index contributed by atoms with van der Waals surface area (Å²) in [5.74, 6) is 0. The Kier molecular flexibility index (Phi) is 4.84. The molecule has 2 rings (SSSR count). The van der Waals surface area contributed by atoms with Crippen LogP contribution >= 0.6 is 11.6 Å². The van der Waals surface area contributed by atoms with Crippen molar-refractivity contribution in [2.24, 2.45) is 0 Å². The third kappa shape index (κ3) is 3.22. The molecule has 0 spiro atoms. The first-order chi connectivity index (χ1) is 9.52. The molecule has 0 amide bonds. The van der Waals surface area contributed by atoms with Crippen LogP contribution in [0, 0.1) is 6.92 Å². The summed E-state index contributed by atoms with van der Waals surface area (Å²) < 4.78 is 2.01. The lowest BCUT2D eigenvalue weighted by Crippen LogP contribution is -2.22. The lowest BCUT2D eigenvalue weighted by atomic mass is 10.00. The number of hydrogen-bond acceptors (Lipinski definition) is 2. The summed E-state index contributed by atoms with van der Waals surface area (Å²) >= 11 is 6.17. The van der Waals surface area contributed by atoms with Crippen molar-refractivity contribution in [3.63, 3.8) is 0 Å². The van der Waals surface area contributed by atoms with Gasteiger partial charge in [-0.05, 0) is 37.1 Å². The molecule has 0 fully saturated rings. The lowest BCUT2D eigenvalue weighted by Gasteiger charge is -2.13. The highest BCUT2D eigenvalue weighted by Gasteiger charge is 2.12. The van der Waals surface area contributed by atoms with Crippen LogP contribution in [0.25, 0.3) is 11.1 Å². The van der Waals surface area contributed by atoms with E-state index in [0.717, 1.165) is 23.7 Å². The quantitative estimate of drug-likeness (QED) is 0.901. The topological polar surface area (TPSA) is 29.9 Å². The number of hydrogen-bond donors (Lipinski definition) is 1. The third-order valence-corrected chi connectivity index (χ3v) is 3.70. The SMILES string of the molecule is CCn1ncc(-c2cc(Cl)ccc2CNC(C)C)c1C. The molecule has 1 N–H and O–H groups in total. The van der Waals surface area contributed by atoms with E-state index in [9.17, 15) is 0 Å². The van der Waals surface area contributed by atoms with E-state index in [0.29, 0.717) is 6.04 Å². The molecule has 3 nitrogen and oxygen atoms in total. The number of benzene rings is 1. The molecule has 0 bridgehead atoms. The van der Waals surface area contributed by atoms with Crippen LogP contribution in [-0.4, -0.2) is 15.8 Å². The van der Waals surface area contributed by atoms with Gasteiger partial charge in [0.1, 0.15) is 0 Å². The smallest absolute Gasteiger partial charge is 0.0571 e. The van der Waals surface area contributed by atoms with Crippen LogP contribution in [-0.2, 0) is 13.1 Å². The molecular weight excluding hydrogens is 270 g/mol. The highest BCUT2D eigenvalue weighted by Crippen LogP contribution is 2.29. The Morgan fingerprint density at radius 2 is 2.05 bits per heavy atom. The molecule has 4 heteroatoms. The summed E-state index contributed by atoms with van der Waals surface area (Å²) in [5, 5.41) is 8.65. The van der Waals surface area contributed by atoms with Crippen molar-refractivity contribution in [3.8, 4) is 11.1 Å². The van der Waals surface area contributed by atoms with E-state index in [-0.39, 0.29) is 0 Å². The Bertz CT molecular complexity index is 587. The molecule has 0 atom stereocenters. The Balaban J connectivity index is 2.42. The van der Waals surface area contributed by atoms with Crippen LogP contribution in [0.2, 0.25) is 5.02 Å². The molecular formula is C16H22ClN3. The van der Waals surface area contributed by atoms with Gasteiger partial charge in [-0.25, -0.2) is 0 Å². The minimum Gasteiger partial charge on any atom is -0.310 e. The summed E-state index contributed by atoms with van der Waals surface area (Å²) in [4.78, 5) is 0. The average molecular weight is 292 g/mol. The molecule has 20 heavy (non-hydrogen) atoms. The number of aryl methyl sites for hydroxylation is 1. The summed E-state index contributed by atoms with van der Waals surface area (Å²) in [7, 11) is 0. The highest BCUT2D eigenvalue weighted by molar-refractivity contribution is 6.30. The van der Waals surface area contributed by atoms with E-state index >= 15 is 0 Å². The number of rotatable bonds is 5. The van der Waals surface area contributed by atoms with E-state index in [1.165, 1.54) is 16.8 Å². The normalized spacial score (nSPS) is 11.3. The Morgan fingerprint density at radius 3 is 2.65 bits per heavy atom. The Labute approximate surface area is 126 Å². The fraction of sp³-hybridized carbons (Fsp3) is 0.438. The first-order valence-corrected chi connectivity index (χ1v) is 7.45. The van der Waals surface area contributed by atoms with Crippen molar-refractivity contribution in [2.45, 2.75) is 46.8 Å². The highest BCUT2D eigenvalue weighted by atomic mass is 35.5. The molecule has 0 aliphatic heterocycles. The van der Waals surface area contributed by atoms with Gasteiger partial charge in [-0.3, -0.25) is 4.68 Å². The molecule has 1 aromatic heterocycles. The summed E-state index contributed by atoms with van der Waals surface area (Å²) in [6.07, 6.45) is 1.93. The van der Waals surface area contributed by atoms with Crippen molar-refractivity contribution in [2.75, 3.05) is 0 Å². The van der Waals surface area contributed by atoms with Crippen LogP contribution in [0.1, 0.15) is 32.0 Å². The predicted molar refractivity (Wildman–Crippen MR) is 85.1 cm³/mol. The Morgan fingerprint density at radius 1 is 1.30 bits per heavy atom. The second-order valence-corrected chi connectivity index (χ2v) is 5.73. The predicted octanol–water partition coefficient (Wildman–Crippen LogP) is 4.03. The number of nitrogens with one attached hydrogen (secondary N) is 1. The van der Waals surface area contributed by atoms with E-state index in [2.05, 4.69) is 44.2 Å². The van der Waals surface area contributed by atoms with Gasteiger partial charge in [0.05, 0.1) is 6.20 Å². The van der Waals surface area contributed by atoms with Crippen LogP contribution in [0.15, 0.2) is 24.4 Å². The number of nitrogens with zero attached hydrogens (tertiary/aromatic N) is 2. The first-order valence-electron chi connectivity index (χ1n) is 7.07. The van der Waals surface area contributed by atoms with Crippen LogP contribution in [0.5, 0.6) is 0 Å². The van der Waals surface area contributed by atoms with Gasteiger partial charge in [0.15, 0.2) is 0 Å². The molecule has 0 saturated heterocycles. The van der Waals surface area contributed by atoms with Gasteiger partial charge in [-0.15, -0.1) is 0 Å². The Hall–Kier alpha value is -1.32. The molecule has 108 valence electrons. The number of aromatic nitrogens is 2. The lowest BCUT2D eigenvalue weighted by molar-refractivity contribution is 0.589. The van der Waals surface area contributed by atoms with Gasteiger partial charge in [-0.2, -0.15) is 5.10 Å². The maximum atomic E-state index is 6.17. The standard InChI is InChI=1S/C16H22ClN3/c1-5-20-12(4)16(10-19-20)15-8-14(17)7-6-13(15)9-18-11(2)3/h6-8,10-11,18H,5,9H2,1-4H3. The maximum Gasteiger partial charge on any atom is 0.0571 e. The largest absolute Gasteiger partial charge is 0.310 e. The molecule has 0 aliphatic rings. The van der Waals surface area contributed by atoms with Crippen molar-refractivity contribution in [3.05, 3.63) is 40.7 Å². The van der Waals surface area contributed by atoms with E-state index in [4.69, 9.17) is 11.6 Å². The van der Waals surface area contributed by atoms with Crippen molar-refractivity contribution < 1.29 is 0 Å². The zero-order valence-corrected chi connectivity index (χ0v) is 13.3. The van der Waals surface area contributed by atoms with E-state index in [1.807, 2.05) is 23.0 Å². The van der Waals surface area contributed by atoms with Crippen LogP contribution < -0.4 is 5.32 Å². The second kappa shape index (κ2) is 6.42. The average Bonchev–Trinajstić information content (AvgIpc) is 2.78. The van der Waals surface area contributed by atoms with Gasteiger partial charge < -0.3 is 5.32 Å². The van der Waals surface area contributed by atoms with E-state index in [1.54, 1.807) is 0 Å². The van der Waals surface area contributed by atoms with Crippen LogP contribution in [0.3, 0.4) is 0 Å².